The van der Waals surface area contributed by atoms with Crippen molar-refractivity contribution in [2.24, 2.45) is 0 Å². The molecule has 1 amide bonds. The van der Waals surface area contributed by atoms with Crippen LogP contribution in [0.15, 0.2) is 40.8 Å². The summed E-state index contributed by atoms with van der Waals surface area (Å²) in [6.07, 6.45) is 0. The largest absolute Gasteiger partial charge is 0.450 e. The van der Waals surface area contributed by atoms with Crippen LogP contribution in [0.1, 0.15) is 30.2 Å². The fourth-order valence-electron chi connectivity index (χ4n) is 3.35. The Kier molecular flexibility index (Phi) is 6.22. The summed E-state index contributed by atoms with van der Waals surface area (Å²) in [6.45, 7) is 10.1. The number of halogens is 1. The van der Waals surface area contributed by atoms with Gasteiger partial charge in [-0.25, -0.2) is 0 Å². The first-order chi connectivity index (χ1) is 12.6. The summed E-state index contributed by atoms with van der Waals surface area (Å²) in [5.41, 5.74) is 1.03. The predicted molar refractivity (Wildman–Crippen MR) is 104 cm³/mol. The second-order valence-electron chi connectivity index (χ2n) is 6.63. The van der Waals surface area contributed by atoms with Crippen molar-refractivity contribution in [2.75, 3.05) is 44.2 Å². The Morgan fingerprint density at radius 3 is 2.42 bits per heavy atom. The molecule has 1 aromatic heterocycles. The van der Waals surface area contributed by atoms with Gasteiger partial charge in [0.15, 0.2) is 11.5 Å². The SMILES string of the molecule is CC[NH+](CC)Cc1ccc(C(=O)N2CCN(c3ccccc3Cl)CC2)o1. The lowest BCUT2D eigenvalue weighted by atomic mass is 10.2. The molecule has 1 aliphatic heterocycles. The zero-order valence-corrected chi connectivity index (χ0v) is 16.3. The van der Waals surface area contributed by atoms with Gasteiger partial charge in [-0.05, 0) is 38.1 Å². The van der Waals surface area contributed by atoms with Crippen LogP contribution >= 0.6 is 11.6 Å². The zero-order valence-electron chi connectivity index (χ0n) is 15.5. The molecule has 0 bridgehead atoms. The van der Waals surface area contributed by atoms with Crippen molar-refractivity contribution in [2.45, 2.75) is 20.4 Å². The Hall–Kier alpha value is -1.98. The van der Waals surface area contributed by atoms with Gasteiger partial charge in [0.25, 0.3) is 5.91 Å². The minimum absolute atomic E-state index is 0.0235. The first-order valence-corrected chi connectivity index (χ1v) is 9.71. The number of amides is 1. The van der Waals surface area contributed by atoms with Crippen molar-refractivity contribution in [3.63, 3.8) is 0 Å². The zero-order chi connectivity index (χ0) is 18.5. The topological polar surface area (TPSA) is 41.1 Å². The number of nitrogens with one attached hydrogen (secondary N) is 1. The van der Waals surface area contributed by atoms with Crippen LogP contribution in [0.5, 0.6) is 0 Å². The molecular weight excluding hydrogens is 350 g/mol. The summed E-state index contributed by atoms with van der Waals surface area (Å²) in [4.78, 5) is 18.3. The van der Waals surface area contributed by atoms with Crippen LogP contribution in [-0.4, -0.2) is 50.1 Å². The van der Waals surface area contributed by atoms with Gasteiger partial charge >= 0.3 is 0 Å². The predicted octanol–water partition coefficient (Wildman–Crippen LogP) is 2.32. The van der Waals surface area contributed by atoms with Crippen LogP contribution in [0.4, 0.5) is 5.69 Å². The number of hydrogen-bond donors (Lipinski definition) is 1. The van der Waals surface area contributed by atoms with E-state index in [0.717, 1.165) is 49.2 Å². The first kappa shape index (κ1) is 18.8. The number of para-hydroxylation sites is 1. The minimum atomic E-state index is -0.0235. The Labute approximate surface area is 160 Å². The molecule has 1 aromatic carbocycles. The molecule has 2 heterocycles. The molecule has 3 rings (SSSR count). The van der Waals surface area contributed by atoms with E-state index in [2.05, 4.69) is 18.7 Å². The van der Waals surface area contributed by atoms with Crippen molar-refractivity contribution >= 4 is 23.2 Å². The van der Waals surface area contributed by atoms with E-state index >= 15 is 0 Å². The molecule has 26 heavy (non-hydrogen) atoms. The van der Waals surface area contributed by atoms with Gasteiger partial charge in [-0.2, -0.15) is 0 Å². The van der Waals surface area contributed by atoms with Gasteiger partial charge in [-0.1, -0.05) is 23.7 Å². The first-order valence-electron chi connectivity index (χ1n) is 9.33. The molecule has 5 nitrogen and oxygen atoms in total. The third kappa shape index (κ3) is 4.22. The summed E-state index contributed by atoms with van der Waals surface area (Å²) in [6, 6.07) is 11.6. The summed E-state index contributed by atoms with van der Waals surface area (Å²) >= 11 is 6.28. The minimum Gasteiger partial charge on any atom is -0.450 e. The second-order valence-corrected chi connectivity index (χ2v) is 7.04. The number of carbonyl (C=O) groups is 1. The number of rotatable bonds is 6. The molecule has 6 heteroatoms. The van der Waals surface area contributed by atoms with E-state index in [1.165, 1.54) is 4.90 Å². The molecule has 0 atom stereocenters. The Morgan fingerprint density at radius 1 is 1.08 bits per heavy atom. The van der Waals surface area contributed by atoms with Crippen molar-refractivity contribution in [3.8, 4) is 0 Å². The normalized spacial score (nSPS) is 14.9. The van der Waals surface area contributed by atoms with Crippen molar-refractivity contribution in [1.29, 1.82) is 0 Å². The fraction of sp³-hybridized carbons (Fsp3) is 0.450. The molecule has 140 valence electrons. The van der Waals surface area contributed by atoms with Crippen LogP contribution in [0, 0.1) is 0 Å². The van der Waals surface area contributed by atoms with Crippen molar-refractivity contribution < 1.29 is 14.1 Å². The highest BCUT2D eigenvalue weighted by atomic mass is 35.5. The maximum Gasteiger partial charge on any atom is 0.289 e. The molecule has 1 aliphatic rings. The Balaban J connectivity index is 1.59. The third-order valence-electron chi connectivity index (χ3n) is 5.06. The lowest BCUT2D eigenvalue weighted by Crippen LogP contribution is -3.10. The van der Waals surface area contributed by atoms with E-state index in [1.54, 1.807) is 6.07 Å². The Morgan fingerprint density at radius 2 is 1.77 bits per heavy atom. The van der Waals surface area contributed by atoms with Crippen LogP contribution in [-0.2, 0) is 6.54 Å². The van der Waals surface area contributed by atoms with E-state index in [9.17, 15) is 4.79 Å². The molecule has 1 saturated heterocycles. The van der Waals surface area contributed by atoms with Gasteiger partial charge in [-0.15, -0.1) is 0 Å². The lowest BCUT2D eigenvalue weighted by molar-refractivity contribution is -0.911. The average Bonchev–Trinajstić information content (AvgIpc) is 3.14. The monoisotopic (exact) mass is 376 g/mol. The number of furan rings is 1. The Bertz CT molecular complexity index is 734. The molecule has 0 saturated carbocycles. The number of benzene rings is 1. The molecule has 0 radical (unpaired) electrons. The maximum absolute atomic E-state index is 12.7. The van der Waals surface area contributed by atoms with Crippen LogP contribution < -0.4 is 9.80 Å². The number of hydrogen-bond acceptors (Lipinski definition) is 3. The highest BCUT2D eigenvalue weighted by molar-refractivity contribution is 6.33. The molecule has 0 spiro atoms. The van der Waals surface area contributed by atoms with Crippen LogP contribution in [0.2, 0.25) is 5.02 Å². The molecular formula is C20H27ClN3O2+. The van der Waals surface area contributed by atoms with Crippen LogP contribution in [0.25, 0.3) is 0 Å². The molecule has 0 aliphatic carbocycles. The number of nitrogens with zero attached hydrogens (tertiary/aromatic N) is 2. The summed E-state index contributed by atoms with van der Waals surface area (Å²) in [5, 5.41) is 0.752. The summed E-state index contributed by atoms with van der Waals surface area (Å²) < 4.78 is 5.82. The molecule has 1 N–H and O–H groups in total. The van der Waals surface area contributed by atoms with Gasteiger partial charge in [0.2, 0.25) is 0 Å². The van der Waals surface area contributed by atoms with E-state index in [-0.39, 0.29) is 5.91 Å². The van der Waals surface area contributed by atoms with Gasteiger partial charge in [0.1, 0.15) is 6.54 Å². The summed E-state index contributed by atoms with van der Waals surface area (Å²) in [7, 11) is 0. The van der Waals surface area contributed by atoms with E-state index in [4.69, 9.17) is 16.0 Å². The van der Waals surface area contributed by atoms with E-state index < -0.39 is 0 Å². The van der Waals surface area contributed by atoms with Crippen molar-refractivity contribution in [1.82, 2.24) is 4.90 Å². The number of carbonyl (C=O) groups excluding carboxylic acids is 1. The quantitative estimate of drug-likeness (QED) is 0.841. The number of quaternary nitrogens is 1. The number of anilines is 1. The third-order valence-corrected chi connectivity index (χ3v) is 5.38. The van der Waals surface area contributed by atoms with Gasteiger partial charge in [0, 0.05) is 26.2 Å². The highest BCUT2D eigenvalue weighted by Crippen LogP contribution is 2.26. The van der Waals surface area contributed by atoms with Crippen molar-refractivity contribution in [3.05, 3.63) is 52.9 Å². The standard InChI is InChI=1S/C20H26ClN3O2/c1-3-22(4-2)15-16-9-10-19(26-16)20(25)24-13-11-23(12-14-24)18-8-6-5-7-17(18)21/h5-10H,3-4,11-15H2,1-2H3/p+1. The second kappa shape index (κ2) is 8.60. The summed E-state index contributed by atoms with van der Waals surface area (Å²) in [5.74, 6) is 1.30. The maximum atomic E-state index is 12.7. The van der Waals surface area contributed by atoms with E-state index in [1.807, 2.05) is 35.2 Å². The molecule has 0 unspecified atom stereocenters. The van der Waals surface area contributed by atoms with Gasteiger partial charge < -0.3 is 19.1 Å². The van der Waals surface area contributed by atoms with Gasteiger partial charge in [0.05, 0.1) is 23.8 Å². The van der Waals surface area contributed by atoms with Crippen LogP contribution in [0.3, 0.4) is 0 Å². The highest BCUT2D eigenvalue weighted by Gasteiger charge is 2.25. The lowest BCUT2D eigenvalue weighted by Gasteiger charge is -2.36. The average molecular weight is 377 g/mol. The van der Waals surface area contributed by atoms with E-state index in [0.29, 0.717) is 18.8 Å². The fourth-order valence-corrected chi connectivity index (χ4v) is 3.60. The molecule has 1 fully saturated rings. The smallest absolute Gasteiger partial charge is 0.289 e. The number of piperazine rings is 1. The molecule has 2 aromatic rings. The van der Waals surface area contributed by atoms with Gasteiger partial charge in [-0.3, -0.25) is 4.79 Å².